The van der Waals surface area contributed by atoms with Crippen LogP contribution in [0.15, 0.2) is 28.8 Å². The van der Waals surface area contributed by atoms with Gasteiger partial charge in [0, 0.05) is 25.4 Å². The van der Waals surface area contributed by atoms with Gasteiger partial charge in [-0.25, -0.2) is 0 Å². The summed E-state index contributed by atoms with van der Waals surface area (Å²) in [7, 11) is 0. The second kappa shape index (κ2) is 6.04. The highest BCUT2D eigenvalue weighted by molar-refractivity contribution is 5.79. The quantitative estimate of drug-likeness (QED) is 0.843. The van der Waals surface area contributed by atoms with Crippen LogP contribution in [0.4, 0.5) is 0 Å². The molecule has 5 heteroatoms. The molecule has 2 aliphatic rings. The molecule has 2 fully saturated rings. The van der Waals surface area contributed by atoms with E-state index in [2.05, 4.69) is 48.3 Å². The second-order valence-electron chi connectivity index (χ2n) is 7.34. The molecule has 1 amide bonds. The van der Waals surface area contributed by atoms with Gasteiger partial charge >= 0.3 is 0 Å². The van der Waals surface area contributed by atoms with Gasteiger partial charge in [0.1, 0.15) is 0 Å². The third-order valence-corrected chi connectivity index (χ3v) is 4.98. The van der Waals surface area contributed by atoms with Crippen LogP contribution in [0.25, 0.3) is 0 Å². The largest absolute Gasteiger partial charge is 0.339 e. The first-order chi connectivity index (χ1) is 11.6. The Hall–Kier alpha value is -2.17. The molecule has 1 saturated heterocycles. The van der Waals surface area contributed by atoms with Crippen molar-refractivity contribution in [1.82, 2.24) is 15.0 Å². The summed E-state index contributed by atoms with van der Waals surface area (Å²) in [6.45, 7) is 5.68. The van der Waals surface area contributed by atoms with E-state index in [1.165, 1.54) is 5.56 Å². The summed E-state index contributed by atoms with van der Waals surface area (Å²) in [5.74, 6) is 2.65. The van der Waals surface area contributed by atoms with Crippen molar-refractivity contribution in [2.45, 2.75) is 57.4 Å². The minimum Gasteiger partial charge on any atom is -0.339 e. The Balaban J connectivity index is 1.41. The maximum absolute atomic E-state index is 12.3. The average molecular weight is 325 g/mol. The molecule has 5 nitrogen and oxygen atoms in total. The lowest BCUT2D eigenvalue weighted by molar-refractivity contribution is -0.128. The van der Waals surface area contributed by atoms with Crippen LogP contribution in [-0.4, -0.2) is 27.5 Å². The predicted molar refractivity (Wildman–Crippen MR) is 89.6 cm³/mol. The van der Waals surface area contributed by atoms with Gasteiger partial charge in [-0.3, -0.25) is 4.79 Å². The molecule has 1 aliphatic carbocycles. The number of carbonyl (C=O) groups is 1. The van der Waals surface area contributed by atoms with Crippen molar-refractivity contribution in [3.8, 4) is 0 Å². The van der Waals surface area contributed by atoms with Gasteiger partial charge in [0.2, 0.25) is 11.8 Å². The molecule has 1 aromatic heterocycles. The zero-order valence-corrected chi connectivity index (χ0v) is 14.2. The summed E-state index contributed by atoms with van der Waals surface area (Å²) in [6.07, 6.45) is 2.78. The zero-order valence-electron chi connectivity index (χ0n) is 14.2. The number of hydrogen-bond acceptors (Lipinski definition) is 4. The smallest absolute Gasteiger partial charge is 0.232 e. The number of hydrogen-bond donors (Lipinski definition) is 0. The SMILES string of the molecule is CC(C)c1ccc(CN2CC(c3nc(C4CC4)no3)CC2=O)cc1. The Morgan fingerprint density at radius 1 is 1.21 bits per heavy atom. The van der Waals surface area contributed by atoms with Gasteiger partial charge in [0.05, 0.1) is 5.92 Å². The van der Waals surface area contributed by atoms with Crippen LogP contribution in [0, 0.1) is 0 Å². The van der Waals surface area contributed by atoms with Crippen LogP contribution in [0.1, 0.15) is 73.7 Å². The van der Waals surface area contributed by atoms with Crippen molar-refractivity contribution >= 4 is 5.91 Å². The van der Waals surface area contributed by atoms with Crippen molar-refractivity contribution in [2.24, 2.45) is 0 Å². The molecule has 4 rings (SSSR count). The highest BCUT2D eigenvalue weighted by Gasteiger charge is 2.36. The molecule has 2 aromatic rings. The summed E-state index contributed by atoms with van der Waals surface area (Å²) < 4.78 is 5.40. The summed E-state index contributed by atoms with van der Waals surface area (Å²) in [5.41, 5.74) is 2.49. The number of benzene rings is 1. The van der Waals surface area contributed by atoms with E-state index in [1.54, 1.807) is 0 Å². The Morgan fingerprint density at radius 2 is 1.96 bits per heavy atom. The van der Waals surface area contributed by atoms with Gasteiger partial charge in [0.25, 0.3) is 0 Å². The fourth-order valence-electron chi connectivity index (χ4n) is 3.24. The van der Waals surface area contributed by atoms with Crippen LogP contribution in [-0.2, 0) is 11.3 Å². The highest BCUT2D eigenvalue weighted by Crippen LogP contribution is 2.39. The summed E-state index contributed by atoms with van der Waals surface area (Å²) in [5, 5.41) is 4.07. The molecule has 1 aromatic carbocycles. The van der Waals surface area contributed by atoms with Crippen LogP contribution in [0.2, 0.25) is 0 Å². The van der Waals surface area contributed by atoms with Gasteiger partial charge in [-0.2, -0.15) is 4.98 Å². The molecule has 126 valence electrons. The standard InChI is InChI=1S/C19H23N3O2/c1-12(2)14-5-3-13(4-6-14)10-22-11-16(9-17(22)23)19-20-18(21-24-19)15-7-8-15/h3-6,12,15-16H,7-11H2,1-2H3. The highest BCUT2D eigenvalue weighted by atomic mass is 16.5. The molecule has 1 unspecified atom stereocenters. The first-order valence-corrected chi connectivity index (χ1v) is 8.80. The first-order valence-electron chi connectivity index (χ1n) is 8.80. The maximum atomic E-state index is 12.3. The second-order valence-corrected chi connectivity index (χ2v) is 7.34. The monoisotopic (exact) mass is 325 g/mol. The molecule has 1 saturated carbocycles. The van der Waals surface area contributed by atoms with Crippen molar-refractivity contribution in [3.05, 3.63) is 47.1 Å². The summed E-state index contributed by atoms with van der Waals surface area (Å²) in [4.78, 5) is 18.7. The van der Waals surface area contributed by atoms with Crippen molar-refractivity contribution < 1.29 is 9.32 Å². The molecular weight excluding hydrogens is 302 g/mol. The third kappa shape index (κ3) is 3.07. The Bertz CT molecular complexity index is 731. The number of carbonyl (C=O) groups excluding carboxylic acids is 1. The molecule has 0 bridgehead atoms. The van der Waals surface area contributed by atoms with Crippen LogP contribution in [0.5, 0.6) is 0 Å². The number of likely N-dealkylation sites (tertiary alicyclic amines) is 1. The van der Waals surface area contributed by atoms with Gasteiger partial charge in [0.15, 0.2) is 5.82 Å². The topological polar surface area (TPSA) is 59.2 Å². The van der Waals surface area contributed by atoms with Crippen LogP contribution < -0.4 is 0 Å². The number of nitrogens with zero attached hydrogens (tertiary/aromatic N) is 3. The van der Waals surface area contributed by atoms with Gasteiger partial charge in [-0.05, 0) is 29.9 Å². The van der Waals surface area contributed by atoms with Gasteiger partial charge in [-0.1, -0.05) is 43.3 Å². The molecule has 1 atom stereocenters. The van der Waals surface area contributed by atoms with E-state index in [9.17, 15) is 4.79 Å². The van der Waals surface area contributed by atoms with Crippen LogP contribution in [0.3, 0.4) is 0 Å². The Kier molecular flexibility index (Phi) is 3.87. The lowest BCUT2D eigenvalue weighted by Crippen LogP contribution is -2.24. The van der Waals surface area contributed by atoms with Crippen LogP contribution >= 0.6 is 0 Å². The molecule has 0 spiro atoms. The lowest BCUT2D eigenvalue weighted by atomic mass is 10.0. The third-order valence-electron chi connectivity index (χ3n) is 4.98. The number of aromatic nitrogens is 2. The molecule has 24 heavy (non-hydrogen) atoms. The first kappa shape index (κ1) is 15.4. The average Bonchev–Trinajstić information content (AvgIpc) is 3.19. The summed E-state index contributed by atoms with van der Waals surface area (Å²) in [6, 6.07) is 8.54. The summed E-state index contributed by atoms with van der Waals surface area (Å²) >= 11 is 0. The van der Waals surface area contributed by atoms with E-state index in [-0.39, 0.29) is 11.8 Å². The minimum absolute atomic E-state index is 0.0347. The van der Waals surface area contributed by atoms with Crippen molar-refractivity contribution in [2.75, 3.05) is 6.54 Å². The molecule has 0 radical (unpaired) electrons. The van der Waals surface area contributed by atoms with E-state index in [1.807, 2.05) is 4.90 Å². The minimum atomic E-state index is 0.0347. The molecular formula is C19H23N3O2. The van der Waals surface area contributed by atoms with Gasteiger partial charge < -0.3 is 9.42 Å². The van der Waals surface area contributed by atoms with E-state index in [4.69, 9.17) is 4.52 Å². The lowest BCUT2D eigenvalue weighted by Gasteiger charge is -2.16. The van der Waals surface area contributed by atoms with Gasteiger partial charge in [-0.15, -0.1) is 0 Å². The number of amides is 1. The Morgan fingerprint density at radius 3 is 2.62 bits per heavy atom. The maximum Gasteiger partial charge on any atom is 0.232 e. The van der Waals surface area contributed by atoms with Crippen molar-refractivity contribution in [3.63, 3.8) is 0 Å². The fraction of sp³-hybridized carbons (Fsp3) is 0.526. The van der Waals surface area contributed by atoms with E-state index >= 15 is 0 Å². The molecule has 2 heterocycles. The predicted octanol–water partition coefficient (Wildman–Crippen LogP) is 3.59. The zero-order chi connectivity index (χ0) is 16.7. The van der Waals surface area contributed by atoms with Crippen molar-refractivity contribution in [1.29, 1.82) is 0 Å². The Labute approximate surface area is 142 Å². The number of rotatable bonds is 5. The molecule has 1 aliphatic heterocycles. The van der Waals surface area contributed by atoms with E-state index in [0.29, 0.717) is 37.2 Å². The van der Waals surface area contributed by atoms with E-state index in [0.717, 1.165) is 24.2 Å². The molecule has 0 N–H and O–H groups in total. The fourth-order valence-corrected chi connectivity index (χ4v) is 3.24. The van der Waals surface area contributed by atoms with E-state index < -0.39 is 0 Å². The normalized spacial score (nSPS) is 21.0.